The molecule has 2 aliphatic rings. The molecule has 114 valence electrons. The third kappa shape index (κ3) is 3.62. The Bertz CT molecular complexity index is 396. The van der Waals surface area contributed by atoms with Gasteiger partial charge in [0.2, 0.25) is 0 Å². The van der Waals surface area contributed by atoms with Crippen LogP contribution in [0, 0.1) is 5.41 Å². The molecule has 2 rings (SSSR count). The highest BCUT2D eigenvalue weighted by Gasteiger charge is 2.48. The van der Waals surface area contributed by atoms with E-state index in [2.05, 4.69) is 0 Å². The predicted octanol–water partition coefficient (Wildman–Crippen LogP) is 1.40. The smallest absolute Gasteiger partial charge is 0.410 e. The van der Waals surface area contributed by atoms with Gasteiger partial charge in [0.05, 0.1) is 6.54 Å². The first kappa shape index (κ1) is 15.1. The van der Waals surface area contributed by atoms with Crippen LogP contribution in [0.25, 0.3) is 0 Å². The molecule has 6 heteroatoms. The number of ether oxygens (including phenoxy) is 1. The van der Waals surface area contributed by atoms with Crippen molar-refractivity contribution < 1.29 is 19.4 Å². The second-order valence-corrected chi connectivity index (χ2v) is 7.04. The van der Waals surface area contributed by atoms with E-state index in [4.69, 9.17) is 9.84 Å². The standard InChI is InChI=1S/C14H24N2O4/c1-13(2,3)20-12(19)16-9-14(10-16)5-4-6-15(8-14)7-11(17)18/h4-10H2,1-3H3,(H,17,18). The summed E-state index contributed by atoms with van der Waals surface area (Å²) in [4.78, 5) is 26.4. The minimum absolute atomic E-state index is 0.0740. The van der Waals surface area contributed by atoms with Crippen LogP contribution in [0.4, 0.5) is 4.79 Å². The van der Waals surface area contributed by atoms with Crippen LogP contribution in [0.3, 0.4) is 0 Å². The van der Waals surface area contributed by atoms with E-state index >= 15 is 0 Å². The Morgan fingerprint density at radius 1 is 1.25 bits per heavy atom. The molecule has 0 radical (unpaired) electrons. The number of likely N-dealkylation sites (tertiary alicyclic amines) is 2. The Balaban J connectivity index is 1.84. The zero-order chi connectivity index (χ0) is 15.0. The summed E-state index contributed by atoms with van der Waals surface area (Å²) < 4.78 is 5.35. The van der Waals surface area contributed by atoms with Crippen molar-refractivity contribution >= 4 is 12.1 Å². The molecule has 1 spiro atoms. The summed E-state index contributed by atoms with van der Waals surface area (Å²) >= 11 is 0. The Morgan fingerprint density at radius 3 is 2.45 bits per heavy atom. The highest BCUT2D eigenvalue weighted by molar-refractivity contribution is 5.70. The lowest BCUT2D eigenvalue weighted by atomic mass is 9.73. The van der Waals surface area contributed by atoms with E-state index in [1.165, 1.54) is 0 Å². The summed E-state index contributed by atoms with van der Waals surface area (Å²) in [5.74, 6) is -0.787. The van der Waals surface area contributed by atoms with Gasteiger partial charge >= 0.3 is 12.1 Å². The van der Waals surface area contributed by atoms with E-state index < -0.39 is 11.6 Å². The highest BCUT2D eigenvalue weighted by Crippen LogP contribution is 2.39. The largest absolute Gasteiger partial charge is 0.480 e. The summed E-state index contributed by atoms with van der Waals surface area (Å²) in [6.07, 6.45) is 1.79. The first-order valence-electron chi connectivity index (χ1n) is 7.11. The number of piperidine rings is 1. The van der Waals surface area contributed by atoms with Crippen LogP contribution in [0.15, 0.2) is 0 Å². The number of carbonyl (C=O) groups is 2. The van der Waals surface area contributed by atoms with E-state index in [-0.39, 0.29) is 18.1 Å². The minimum atomic E-state index is -0.787. The van der Waals surface area contributed by atoms with Gasteiger partial charge in [-0.3, -0.25) is 9.69 Å². The quantitative estimate of drug-likeness (QED) is 0.830. The van der Waals surface area contributed by atoms with Gasteiger partial charge < -0.3 is 14.7 Å². The molecule has 2 saturated heterocycles. The van der Waals surface area contributed by atoms with Crippen LogP contribution in [-0.2, 0) is 9.53 Å². The van der Waals surface area contributed by atoms with Crippen LogP contribution in [0.2, 0.25) is 0 Å². The normalized spacial score (nSPS) is 22.4. The van der Waals surface area contributed by atoms with Crippen molar-refractivity contribution in [2.75, 3.05) is 32.7 Å². The van der Waals surface area contributed by atoms with Crippen LogP contribution >= 0.6 is 0 Å². The van der Waals surface area contributed by atoms with Gasteiger partial charge in [0.1, 0.15) is 5.60 Å². The molecule has 0 aromatic carbocycles. The highest BCUT2D eigenvalue weighted by atomic mass is 16.6. The predicted molar refractivity (Wildman–Crippen MR) is 73.5 cm³/mol. The second-order valence-electron chi connectivity index (χ2n) is 7.04. The molecule has 2 fully saturated rings. The van der Waals surface area contributed by atoms with E-state index in [9.17, 15) is 9.59 Å². The fourth-order valence-corrected chi connectivity index (χ4v) is 3.11. The maximum atomic E-state index is 11.9. The van der Waals surface area contributed by atoms with Crippen LogP contribution in [0.5, 0.6) is 0 Å². The summed E-state index contributed by atoms with van der Waals surface area (Å²) in [6, 6.07) is 0. The second kappa shape index (κ2) is 5.24. The summed E-state index contributed by atoms with van der Waals surface area (Å²) in [7, 11) is 0. The van der Waals surface area contributed by atoms with Crippen molar-refractivity contribution in [3.05, 3.63) is 0 Å². The molecule has 0 saturated carbocycles. The van der Waals surface area contributed by atoms with Gasteiger partial charge in [-0.2, -0.15) is 0 Å². The summed E-state index contributed by atoms with van der Waals surface area (Å²) in [5.41, 5.74) is -0.396. The van der Waals surface area contributed by atoms with Gasteiger partial charge in [-0.05, 0) is 40.2 Å². The number of hydrogen-bond acceptors (Lipinski definition) is 4. The zero-order valence-electron chi connectivity index (χ0n) is 12.5. The molecule has 0 aromatic rings. The summed E-state index contributed by atoms with van der Waals surface area (Å²) in [5, 5.41) is 8.87. The number of carboxylic acid groups (broad SMARTS) is 1. The van der Waals surface area contributed by atoms with Gasteiger partial charge in [0.15, 0.2) is 0 Å². The Kier molecular flexibility index (Phi) is 3.95. The maximum absolute atomic E-state index is 11.9. The first-order valence-corrected chi connectivity index (χ1v) is 7.11. The maximum Gasteiger partial charge on any atom is 0.410 e. The SMILES string of the molecule is CC(C)(C)OC(=O)N1CC2(CCCN(CC(=O)O)C2)C1. The average Bonchev–Trinajstić information content (AvgIpc) is 2.22. The molecule has 2 heterocycles. The summed E-state index contributed by atoms with van der Waals surface area (Å²) in [6.45, 7) is 8.62. The Hall–Kier alpha value is -1.30. The van der Waals surface area contributed by atoms with Crippen molar-refractivity contribution in [1.82, 2.24) is 9.80 Å². The third-order valence-corrected chi connectivity index (χ3v) is 3.80. The lowest BCUT2D eigenvalue weighted by Gasteiger charge is -2.54. The topological polar surface area (TPSA) is 70.1 Å². The molecular weight excluding hydrogens is 260 g/mol. The molecule has 0 aromatic heterocycles. The van der Waals surface area contributed by atoms with Crippen molar-refractivity contribution in [3.8, 4) is 0 Å². The first-order chi connectivity index (χ1) is 9.19. The van der Waals surface area contributed by atoms with E-state index in [0.717, 1.165) is 25.9 Å². The molecule has 0 bridgehead atoms. The van der Waals surface area contributed by atoms with Crippen LogP contribution in [0.1, 0.15) is 33.6 Å². The van der Waals surface area contributed by atoms with Gasteiger partial charge in [0.25, 0.3) is 0 Å². The van der Waals surface area contributed by atoms with Crippen molar-refractivity contribution in [2.24, 2.45) is 5.41 Å². The van der Waals surface area contributed by atoms with Gasteiger partial charge in [-0.1, -0.05) is 0 Å². The lowest BCUT2D eigenvalue weighted by Crippen LogP contribution is -2.65. The molecule has 0 atom stereocenters. The van der Waals surface area contributed by atoms with E-state index in [1.54, 1.807) is 4.90 Å². The molecule has 20 heavy (non-hydrogen) atoms. The Morgan fingerprint density at radius 2 is 1.90 bits per heavy atom. The number of hydrogen-bond donors (Lipinski definition) is 1. The number of carbonyl (C=O) groups excluding carboxylic acids is 1. The fourth-order valence-electron chi connectivity index (χ4n) is 3.11. The zero-order valence-corrected chi connectivity index (χ0v) is 12.5. The molecule has 0 aliphatic carbocycles. The van der Waals surface area contributed by atoms with Crippen LogP contribution < -0.4 is 0 Å². The molecule has 0 unspecified atom stereocenters. The monoisotopic (exact) mass is 284 g/mol. The lowest BCUT2D eigenvalue weighted by molar-refractivity contribution is -0.140. The van der Waals surface area contributed by atoms with Crippen molar-refractivity contribution in [3.63, 3.8) is 0 Å². The Labute approximate surface area is 119 Å². The number of aliphatic carboxylic acids is 1. The number of carboxylic acids is 1. The van der Waals surface area contributed by atoms with Crippen LogP contribution in [-0.4, -0.2) is 65.3 Å². The molecule has 6 nitrogen and oxygen atoms in total. The van der Waals surface area contributed by atoms with Gasteiger partial charge in [0, 0.05) is 25.0 Å². The molecule has 1 N–H and O–H groups in total. The number of nitrogens with zero attached hydrogens (tertiary/aromatic N) is 2. The van der Waals surface area contributed by atoms with E-state index in [0.29, 0.717) is 13.1 Å². The fraction of sp³-hybridized carbons (Fsp3) is 0.857. The van der Waals surface area contributed by atoms with E-state index in [1.807, 2.05) is 25.7 Å². The van der Waals surface area contributed by atoms with Gasteiger partial charge in [-0.25, -0.2) is 4.79 Å². The van der Waals surface area contributed by atoms with Gasteiger partial charge in [-0.15, -0.1) is 0 Å². The minimum Gasteiger partial charge on any atom is -0.480 e. The average molecular weight is 284 g/mol. The van der Waals surface area contributed by atoms with Crippen molar-refractivity contribution in [1.29, 1.82) is 0 Å². The molecule has 1 amide bonds. The molecular formula is C14H24N2O4. The number of rotatable bonds is 2. The third-order valence-electron chi connectivity index (χ3n) is 3.80. The number of amides is 1. The van der Waals surface area contributed by atoms with Crippen molar-refractivity contribution in [2.45, 2.75) is 39.2 Å². The molecule has 2 aliphatic heterocycles.